The van der Waals surface area contributed by atoms with E-state index in [1.54, 1.807) is 18.3 Å². The number of aromatic nitrogens is 3. The molecule has 0 bridgehead atoms. The van der Waals surface area contributed by atoms with Crippen LogP contribution in [0.1, 0.15) is 30.7 Å². The maximum Gasteiger partial charge on any atom is 0.143 e. The Bertz CT molecular complexity index is 663. The third-order valence-corrected chi connectivity index (χ3v) is 3.93. The molecular formula is C14H15N5S. The van der Waals surface area contributed by atoms with Crippen LogP contribution < -0.4 is 5.73 Å². The van der Waals surface area contributed by atoms with Crippen molar-refractivity contribution >= 4 is 17.4 Å². The van der Waals surface area contributed by atoms with Crippen LogP contribution in [0.5, 0.6) is 0 Å². The summed E-state index contributed by atoms with van der Waals surface area (Å²) in [5.41, 5.74) is 8.86. The van der Waals surface area contributed by atoms with Gasteiger partial charge in [-0.15, -0.1) is 5.10 Å². The van der Waals surface area contributed by atoms with Crippen LogP contribution in [0.25, 0.3) is 0 Å². The van der Waals surface area contributed by atoms with Crippen LogP contribution in [0.15, 0.2) is 28.4 Å². The van der Waals surface area contributed by atoms with Crippen LogP contribution in [0, 0.1) is 11.3 Å². The van der Waals surface area contributed by atoms with Crippen molar-refractivity contribution in [1.82, 2.24) is 15.2 Å². The minimum atomic E-state index is 0.562. The van der Waals surface area contributed by atoms with Crippen LogP contribution in [-0.4, -0.2) is 15.2 Å². The van der Waals surface area contributed by atoms with Crippen molar-refractivity contribution in [3.05, 3.63) is 35.2 Å². The topological polar surface area (TPSA) is 88.5 Å². The Morgan fingerprint density at radius 1 is 1.25 bits per heavy atom. The van der Waals surface area contributed by atoms with Crippen molar-refractivity contribution in [1.29, 1.82) is 5.26 Å². The number of nitriles is 1. The predicted molar refractivity (Wildman–Crippen MR) is 78.3 cm³/mol. The molecule has 6 heteroatoms. The van der Waals surface area contributed by atoms with E-state index >= 15 is 0 Å². The van der Waals surface area contributed by atoms with Gasteiger partial charge in [-0.1, -0.05) is 13.8 Å². The first-order valence-corrected chi connectivity index (χ1v) is 7.19. The summed E-state index contributed by atoms with van der Waals surface area (Å²) in [6.45, 7) is 4.02. The van der Waals surface area contributed by atoms with Crippen LogP contribution in [-0.2, 0) is 12.8 Å². The number of pyridine rings is 1. The number of nitrogen functional groups attached to an aromatic ring is 1. The van der Waals surface area contributed by atoms with Gasteiger partial charge in [-0.2, -0.15) is 10.4 Å². The largest absolute Gasteiger partial charge is 0.397 e. The first-order chi connectivity index (χ1) is 9.71. The molecule has 0 fully saturated rings. The lowest BCUT2D eigenvalue weighted by Gasteiger charge is -2.10. The highest BCUT2D eigenvalue weighted by molar-refractivity contribution is 7.99. The van der Waals surface area contributed by atoms with Gasteiger partial charge in [0, 0.05) is 6.20 Å². The molecule has 102 valence electrons. The van der Waals surface area contributed by atoms with Crippen molar-refractivity contribution in [3.8, 4) is 6.07 Å². The van der Waals surface area contributed by atoms with Gasteiger partial charge in [0.2, 0.25) is 0 Å². The van der Waals surface area contributed by atoms with Gasteiger partial charge in [-0.05, 0) is 42.3 Å². The average molecular weight is 285 g/mol. The zero-order chi connectivity index (χ0) is 14.5. The molecule has 0 unspecified atom stereocenters. The molecule has 0 spiro atoms. The fraction of sp³-hybridized carbons (Fsp3) is 0.286. The fourth-order valence-electron chi connectivity index (χ4n) is 1.92. The Hall–Kier alpha value is -2.13. The van der Waals surface area contributed by atoms with E-state index in [0.29, 0.717) is 21.3 Å². The molecule has 2 aromatic rings. The lowest BCUT2D eigenvalue weighted by molar-refractivity contribution is 0.817. The zero-order valence-corrected chi connectivity index (χ0v) is 12.2. The second-order valence-electron chi connectivity index (χ2n) is 4.12. The van der Waals surface area contributed by atoms with Gasteiger partial charge < -0.3 is 5.73 Å². The highest BCUT2D eigenvalue weighted by atomic mass is 32.2. The number of nitrogens with zero attached hydrogens (tertiary/aromatic N) is 4. The number of hydrogen-bond donors (Lipinski definition) is 1. The van der Waals surface area contributed by atoms with Gasteiger partial charge >= 0.3 is 0 Å². The van der Waals surface area contributed by atoms with Gasteiger partial charge in [0.25, 0.3) is 0 Å². The lowest BCUT2D eigenvalue weighted by atomic mass is 10.1. The molecular weight excluding hydrogens is 270 g/mol. The Balaban J connectivity index is 2.48. The molecule has 0 aliphatic carbocycles. The van der Waals surface area contributed by atoms with E-state index in [-0.39, 0.29) is 0 Å². The van der Waals surface area contributed by atoms with Crippen LogP contribution >= 0.6 is 11.8 Å². The molecule has 2 N–H and O–H groups in total. The number of nitrogens with two attached hydrogens (primary N) is 1. The summed E-state index contributed by atoms with van der Waals surface area (Å²) in [6.07, 6.45) is 3.19. The number of hydrogen-bond acceptors (Lipinski definition) is 6. The molecule has 0 saturated carbocycles. The molecule has 0 saturated heterocycles. The van der Waals surface area contributed by atoms with E-state index in [9.17, 15) is 5.26 Å². The van der Waals surface area contributed by atoms with Crippen LogP contribution in [0.2, 0.25) is 0 Å². The summed E-state index contributed by atoms with van der Waals surface area (Å²) in [5.74, 6) is 0. The van der Waals surface area contributed by atoms with Crippen molar-refractivity contribution in [2.75, 3.05) is 5.73 Å². The maximum absolute atomic E-state index is 9.41. The van der Waals surface area contributed by atoms with E-state index in [1.165, 1.54) is 11.8 Å². The standard InChI is InChI=1S/C14H15N5S/c1-3-9-10(8-15)13(19-18-12(9)4-2)20-14-11(16)6-5-7-17-14/h5-7H,3-4,16H2,1-2H3. The van der Waals surface area contributed by atoms with Gasteiger partial charge in [-0.3, -0.25) is 0 Å². The molecule has 0 aliphatic rings. The number of aryl methyl sites for hydroxylation is 1. The third kappa shape index (κ3) is 2.73. The second kappa shape index (κ2) is 6.35. The first-order valence-electron chi connectivity index (χ1n) is 6.38. The molecule has 20 heavy (non-hydrogen) atoms. The summed E-state index contributed by atoms with van der Waals surface area (Å²) in [7, 11) is 0. The van der Waals surface area contributed by atoms with Gasteiger partial charge in [-0.25, -0.2) is 4.98 Å². The van der Waals surface area contributed by atoms with Crippen LogP contribution in [0.3, 0.4) is 0 Å². The summed E-state index contributed by atoms with van der Waals surface area (Å²) < 4.78 is 0. The highest BCUT2D eigenvalue weighted by Gasteiger charge is 2.16. The van der Waals surface area contributed by atoms with Gasteiger partial charge in [0.1, 0.15) is 16.1 Å². The zero-order valence-electron chi connectivity index (χ0n) is 11.4. The van der Waals surface area contributed by atoms with E-state index in [4.69, 9.17) is 5.73 Å². The Morgan fingerprint density at radius 3 is 2.65 bits per heavy atom. The summed E-state index contributed by atoms with van der Waals surface area (Å²) in [4.78, 5) is 4.21. The van der Waals surface area contributed by atoms with Crippen molar-refractivity contribution in [2.24, 2.45) is 0 Å². The fourth-order valence-corrected chi connectivity index (χ4v) is 2.76. The summed E-state index contributed by atoms with van der Waals surface area (Å²) >= 11 is 1.28. The highest BCUT2D eigenvalue weighted by Crippen LogP contribution is 2.32. The minimum Gasteiger partial charge on any atom is -0.397 e. The molecule has 2 heterocycles. The second-order valence-corrected chi connectivity index (χ2v) is 5.10. The maximum atomic E-state index is 9.41. The van der Waals surface area contributed by atoms with E-state index in [2.05, 4.69) is 21.3 Å². The summed E-state index contributed by atoms with van der Waals surface area (Å²) in [6, 6.07) is 5.78. The number of anilines is 1. The molecule has 2 rings (SSSR count). The molecule has 0 aromatic carbocycles. The molecule has 0 aliphatic heterocycles. The van der Waals surface area contributed by atoms with E-state index in [1.807, 2.05) is 13.8 Å². The van der Waals surface area contributed by atoms with Crippen molar-refractivity contribution in [3.63, 3.8) is 0 Å². The first kappa shape index (κ1) is 14.3. The molecule has 0 radical (unpaired) electrons. The van der Waals surface area contributed by atoms with Crippen LogP contribution in [0.4, 0.5) is 5.69 Å². The lowest BCUT2D eigenvalue weighted by Crippen LogP contribution is -2.04. The Morgan fingerprint density at radius 2 is 2.05 bits per heavy atom. The van der Waals surface area contributed by atoms with Crippen molar-refractivity contribution in [2.45, 2.75) is 36.7 Å². The quantitative estimate of drug-likeness (QED) is 0.928. The number of rotatable bonds is 4. The molecule has 0 atom stereocenters. The third-order valence-electron chi connectivity index (χ3n) is 2.92. The van der Waals surface area contributed by atoms with Gasteiger partial charge in [0.15, 0.2) is 0 Å². The molecule has 2 aromatic heterocycles. The summed E-state index contributed by atoms with van der Waals surface area (Å²) in [5, 5.41) is 19.0. The normalized spacial score (nSPS) is 10.2. The monoisotopic (exact) mass is 285 g/mol. The SMILES string of the molecule is CCc1nnc(Sc2ncccc2N)c(C#N)c1CC. The smallest absolute Gasteiger partial charge is 0.143 e. The van der Waals surface area contributed by atoms with E-state index in [0.717, 1.165) is 24.1 Å². The average Bonchev–Trinajstić information content (AvgIpc) is 2.48. The Kier molecular flexibility index (Phi) is 4.53. The molecule has 0 amide bonds. The predicted octanol–water partition coefficient (Wildman–Crippen LogP) is 2.60. The molecule has 5 nitrogen and oxygen atoms in total. The van der Waals surface area contributed by atoms with E-state index < -0.39 is 0 Å². The minimum absolute atomic E-state index is 0.562. The van der Waals surface area contributed by atoms with Gasteiger partial charge in [0.05, 0.1) is 16.9 Å². The van der Waals surface area contributed by atoms with Crippen molar-refractivity contribution < 1.29 is 0 Å². The Labute approximate surface area is 122 Å².